The molecular formula is C15H14N3OS2+. The predicted molar refractivity (Wildman–Crippen MR) is 86.7 cm³/mol. The number of aryl methyl sites for hydroxylation is 1. The second-order valence-electron chi connectivity index (χ2n) is 4.50. The number of aromatic amines is 1. The number of thioether (sulfide) groups is 1. The SMILES string of the molecule is Cc1cccc2sc(NC(=O)CSc3cccc[nH+]3)nc12. The van der Waals surface area contributed by atoms with E-state index in [4.69, 9.17) is 0 Å². The van der Waals surface area contributed by atoms with Gasteiger partial charge in [-0.15, -0.1) is 0 Å². The van der Waals surface area contributed by atoms with E-state index in [9.17, 15) is 4.79 Å². The molecule has 0 aliphatic rings. The van der Waals surface area contributed by atoms with Gasteiger partial charge < -0.3 is 5.32 Å². The normalized spacial score (nSPS) is 10.7. The lowest BCUT2D eigenvalue weighted by Crippen LogP contribution is -2.15. The predicted octanol–water partition coefficient (Wildman–Crippen LogP) is 3.15. The summed E-state index contributed by atoms with van der Waals surface area (Å²) in [4.78, 5) is 19.5. The largest absolute Gasteiger partial charge is 0.301 e. The maximum Gasteiger partial charge on any atom is 0.238 e. The number of thiazole rings is 1. The third kappa shape index (κ3) is 3.40. The van der Waals surface area contributed by atoms with Gasteiger partial charge in [-0.1, -0.05) is 23.5 Å². The first-order chi connectivity index (χ1) is 10.2. The molecule has 4 nitrogen and oxygen atoms in total. The number of pyridine rings is 1. The van der Waals surface area contributed by atoms with Gasteiger partial charge in [-0.2, -0.15) is 0 Å². The van der Waals surface area contributed by atoms with Crippen LogP contribution in [0.15, 0.2) is 47.6 Å². The molecule has 0 bridgehead atoms. The molecule has 6 heteroatoms. The molecule has 0 radical (unpaired) electrons. The van der Waals surface area contributed by atoms with Crippen LogP contribution >= 0.6 is 23.1 Å². The van der Waals surface area contributed by atoms with E-state index in [2.05, 4.69) is 15.3 Å². The Kier molecular flexibility index (Phi) is 4.17. The summed E-state index contributed by atoms with van der Waals surface area (Å²) in [6, 6.07) is 11.8. The van der Waals surface area contributed by atoms with Crippen LogP contribution in [0, 0.1) is 6.92 Å². The van der Waals surface area contributed by atoms with Gasteiger partial charge in [-0.05, 0) is 36.4 Å². The second-order valence-corrected chi connectivity index (χ2v) is 6.55. The highest BCUT2D eigenvalue weighted by Crippen LogP contribution is 2.28. The van der Waals surface area contributed by atoms with Crippen LogP contribution < -0.4 is 10.3 Å². The zero-order chi connectivity index (χ0) is 14.7. The fraction of sp³-hybridized carbons (Fsp3) is 0.133. The quantitative estimate of drug-likeness (QED) is 0.752. The number of nitrogens with one attached hydrogen (secondary N) is 2. The Hall–Kier alpha value is -1.92. The lowest BCUT2D eigenvalue weighted by molar-refractivity contribution is -0.426. The van der Waals surface area contributed by atoms with E-state index < -0.39 is 0 Å². The van der Waals surface area contributed by atoms with Crippen molar-refractivity contribution in [1.82, 2.24) is 4.98 Å². The Labute approximate surface area is 130 Å². The Morgan fingerprint density at radius 1 is 1.33 bits per heavy atom. The van der Waals surface area contributed by atoms with E-state index >= 15 is 0 Å². The highest BCUT2D eigenvalue weighted by Gasteiger charge is 2.10. The first-order valence-corrected chi connectivity index (χ1v) is 8.28. The van der Waals surface area contributed by atoms with Gasteiger partial charge >= 0.3 is 0 Å². The van der Waals surface area contributed by atoms with Crippen molar-refractivity contribution in [1.29, 1.82) is 0 Å². The van der Waals surface area contributed by atoms with Crippen LogP contribution in [0.5, 0.6) is 0 Å². The van der Waals surface area contributed by atoms with Gasteiger partial charge in [0.15, 0.2) is 11.3 Å². The average Bonchev–Trinajstić information content (AvgIpc) is 2.90. The maximum atomic E-state index is 12.0. The smallest absolute Gasteiger partial charge is 0.238 e. The molecule has 2 aromatic heterocycles. The minimum Gasteiger partial charge on any atom is -0.301 e. The molecule has 0 fully saturated rings. The third-order valence-corrected chi connectivity index (χ3v) is 4.81. The van der Waals surface area contributed by atoms with Crippen molar-refractivity contribution >= 4 is 44.4 Å². The van der Waals surface area contributed by atoms with E-state index in [1.165, 1.54) is 23.1 Å². The number of nitrogens with zero attached hydrogens (tertiary/aromatic N) is 1. The number of rotatable bonds is 4. The lowest BCUT2D eigenvalue weighted by atomic mass is 10.2. The van der Waals surface area contributed by atoms with Crippen LogP contribution in [0.1, 0.15) is 5.56 Å². The van der Waals surface area contributed by atoms with Gasteiger partial charge in [-0.3, -0.25) is 4.79 Å². The van der Waals surface area contributed by atoms with E-state index in [1.54, 1.807) is 0 Å². The summed E-state index contributed by atoms with van der Waals surface area (Å²) in [5.41, 5.74) is 2.08. The molecule has 3 aromatic rings. The van der Waals surface area contributed by atoms with Crippen molar-refractivity contribution in [3.05, 3.63) is 48.2 Å². The summed E-state index contributed by atoms with van der Waals surface area (Å²) in [6.07, 6.45) is 1.84. The highest BCUT2D eigenvalue weighted by molar-refractivity contribution is 7.99. The first kappa shape index (κ1) is 14.0. The first-order valence-electron chi connectivity index (χ1n) is 6.48. The van der Waals surface area contributed by atoms with Gasteiger partial charge in [0, 0.05) is 12.1 Å². The van der Waals surface area contributed by atoms with E-state index in [1.807, 2.05) is 49.5 Å². The summed E-state index contributed by atoms with van der Waals surface area (Å²) >= 11 is 2.97. The van der Waals surface area contributed by atoms with Crippen LogP contribution in [0.3, 0.4) is 0 Å². The van der Waals surface area contributed by atoms with Crippen LogP contribution in [-0.4, -0.2) is 16.6 Å². The van der Waals surface area contributed by atoms with Gasteiger partial charge in [-0.25, -0.2) is 9.97 Å². The molecule has 106 valence electrons. The minimum atomic E-state index is -0.0473. The molecular weight excluding hydrogens is 302 g/mol. The number of hydrogen-bond donors (Lipinski definition) is 1. The Morgan fingerprint density at radius 2 is 2.24 bits per heavy atom. The molecule has 0 aliphatic heterocycles. The van der Waals surface area contributed by atoms with Gasteiger partial charge in [0.1, 0.15) is 0 Å². The number of anilines is 1. The summed E-state index contributed by atoms with van der Waals surface area (Å²) in [5.74, 6) is 0.309. The number of carbonyl (C=O) groups excluding carboxylic acids is 1. The van der Waals surface area contributed by atoms with Crippen LogP contribution in [-0.2, 0) is 4.79 Å². The van der Waals surface area contributed by atoms with Gasteiger partial charge in [0.05, 0.1) is 16.0 Å². The number of para-hydroxylation sites is 1. The van der Waals surface area contributed by atoms with Crippen LogP contribution in [0.2, 0.25) is 0 Å². The average molecular weight is 316 g/mol. The van der Waals surface area contributed by atoms with Gasteiger partial charge in [0.25, 0.3) is 0 Å². The molecule has 2 heterocycles. The van der Waals surface area contributed by atoms with E-state index in [-0.39, 0.29) is 5.91 Å². The molecule has 1 amide bonds. The fourth-order valence-electron chi connectivity index (χ4n) is 1.90. The summed E-state index contributed by atoms with van der Waals surface area (Å²) < 4.78 is 1.09. The van der Waals surface area contributed by atoms with E-state index in [0.717, 1.165) is 20.8 Å². The number of amides is 1. The van der Waals surface area contributed by atoms with Crippen molar-refractivity contribution in [3.8, 4) is 0 Å². The van der Waals surface area contributed by atoms with Crippen molar-refractivity contribution in [2.75, 3.05) is 11.1 Å². The number of benzene rings is 1. The molecule has 0 unspecified atom stereocenters. The summed E-state index contributed by atoms with van der Waals surface area (Å²) in [7, 11) is 0. The molecule has 1 aromatic carbocycles. The van der Waals surface area contributed by atoms with Crippen molar-refractivity contribution < 1.29 is 9.78 Å². The van der Waals surface area contributed by atoms with Crippen molar-refractivity contribution in [2.24, 2.45) is 0 Å². The maximum absolute atomic E-state index is 12.0. The Bertz CT molecular complexity index is 771. The Morgan fingerprint density at radius 3 is 3.00 bits per heavy atom. The molecule has 21 heavy (non-hydrogen) atoms. The third-order valence-electron chi connectivity index (χ3n) is 2.91. The van der Waals surface area contributed by atoms with E-state index in [0.29, 0.717) is 10.9 Å². The molecule has 0 aliphatic carbocycles. The number of H-pyrrole nitrogens is 1. The van der Waals surface area contributed by atoms with Gasteiger partial charge in [0.2, 0.25) is 10.9 Å². The standard InChI is InChI=1S/C15H13N3OS2/c1-10-5-4-6-11-14(10)18-15(21-11)17-12(19)9-20-13-7-2-3-8-16-13/h2-8H,9H2,1H3,(H,17,18,19)/p+1. The van der Waals surface area contributed by atoms with Crippen LogP contribution in [0.4, 0.5) is 5.13 Å². The molecule has 0 spiro atoms. The monoisotopic (exact) mass is 316 g/mol. The molecule has 0 saturated heterocycles. The topological polar surface area (TPSA) is 56.1 Å². The highest BCUT2D eigenvalue weighted by atomic mass is 32.2. The molecule has 2 N–H and O–H groups in total. The summed E-state index contributed by atoms with van der Waals surface area (Å²) in [6.45, 7) is 2.02. The number of aromatic nitrogens is 2. The van der Waals surface area contributed by atoms with Crippen molar-refractivity contribution in [2.45, 2.75) is 11.9 Å². The zero-order valence-corrected chi connectivity index (χ0v) is 13.1. The second kappa shape index (κ2) is 6.24. The minimum absolute atomic E-state index is 0.0473. The lowest BCUT2D eigenvalue weighted by Gasteiger charge is -1.98. The molecule has 0 saturated carbocycles. The molecule has 3 rings (SSSR count). The zero-order valence-electron chi connectivity index (χ0n) is 11.4. The number of carbonyl (C=O) groups is 1. The fourth-order valence-corrected chi connectivity index (χ4v) is 3.55. The summed E-state index contributed by atoms with van der Waals surface area (Å²) in [5, 5.41) is 4.48. The number of fused-ring (bicyclic) bond motifs is 1. The van der Waals surface area contributed by atoms with Crippen LogP contribution in [0.25, 0.3) is 10.2 Å². The van der Waals surface area contributed by atoms with Crippen molar-refractivity contribution in [3.63, 3.8) is 0 Å². The number of hydrogen-bond acceptors (Lipinski definition) is 4. The Balaban J connectivity index is 1.65. The molecule has 0 atom stereocenters.